The van der Waals surface area contributed by atoms with Crippen molar-refractivity contribution in [1.82, 2.24) is 0 Å². The van der Waals surface area contributed by atoms with Gasteiger partial charge in [0.05, 0.1) is 0 Å². The normalized spacial score (nSPS) is 13.2. The maximum Gasteiger partial charge on any atom is 0.223 e. The minimum absolute atomic E-state index is 0.269. The van der Waals surface area contributed by atoms with E-state index in [-0.39, 0.29) is 6.04 Å². The van der Waals surface area contributed by atoms with E-state index in [1.807, 2.05) is 0 Å². The van der Waals surface area contributed by atoms with Crippen molar-refractivity contribution in [3.05, 3.63) is 11.4 Å². The maximum atomic E-state index is 6.78. The van der Waals surface area contributed by atoms with Crippen molar-refractivity contribution in [2.45, 2.75) is 39.7 Å². The molecule has 0 aliphatic heterocycles. The second kappa shape index (κ2) is 4.38. The van der Waals surface area contributed by atoms with E-state index in [0.717, 1.165) is 12.8 Å². The summed E-state index contributed by atoms with van der Waals surface area (Å²) in [5.74, 6) is 0.670. The fraction of sp³-hybridized carbons (Fsp3) is 0.875. The van der Waals surface area contributed by atoms with Crippen LogP contribution in [0.2, 0.25) is 0 Å². The Hall–Kier alpha value is -0.510. The zero-order chi connectivity index (χ0) is 7.28. The lowest BCUT2D eigenvalue weighted by molar-refractivity contribution is 0.526. The van der Waals surface area contributed by atoms with E-state index in [2.05, 4.69) is 25.6 Å². The standard InChI is InChI=1S/C8H15N/c1-5-8(9-4)6-7(2)3/h7-8H,5-6H2,1-3H3. The first-order chi connectivity index (χ1) is 4.20. The predicted octanol–water partition coefficient (Wildman–Crippen LogP) is 2.73. The molecular formula is C8H15N. The summed E-state index contributed by atoms with van der Waals surface area (Å²) in [6.45, 7) is 13.2. The molecule has 1 unspecified atom stereocenters. The summed E-state index contributed by atoms with van der Waals surface area (Å²) in [5, 5.41) is 0. The molecule has 0 aromatic rings. The molecule has 0 saturated heterocycles. The highest BCUT2D eigenvalue weighted by atomic mass is 14.7. The minimum Gasteiger partial charge on any atom is -0.314 e. The Labute approximate surface area is 57.9 Å². The highest BCUT2D eigenvalue weighted by molar-refractivity contribution is 4.77. The molecule has 0 amide bonds. The third-order valence-corrected chi connectivity index (χ3v) is 1.40. The van der Waals surface area contributed by atoms with Gasteiger partial charge in [0.25, 0.3) is 0 Å². The summed E-state index contributed by atoms with van der Waals surface area (Å²) in [7, 11) is 0. The summed E-state index contributed by atoms with van der Waals surface area (Å²) in [6, 6.07) is 0.269. The van der Waals surface area contributed by atoms with Crippen molar-refractivity contribution in [2.24, 2.45) is 5.92 Å². The van der Waals surface area contributed by atoms with Crippen molar-refractivity contribution in [3.8, 4) is 0 Å². The zero-order valence-corrected chi connectivity index (χ0v) is 6.52. The molecule has 0 aliphatic carbocycles. The Morgan fingerprint density at radius 2 is 2.00 bits per heavy atom. The number of rotatable bonds is 3. The smallest absolute Gasteiger partial charge is 0.223 e. The summed E-state index contributed by atoms with van der Waals surface area (Å²) in [4.78, 5) is 3.50. The Morgan fingerprint density at radius 3 is 2.11 bits per heavy atom. The quantitative estimate of drug-likeness (QED) is 0.511. The highest BCUT2D eigenvalue weighted by Crippen LogP contribution is 2.10. The zero-order valence-electron chi connectivity index (χ0n) is 6.52. The molecule has 0 fully saturated rings. The summed E-state index contributed by atoms with van der Waals surface area (Å²) >= 11 is 0. The highest BCUT2D eigenvalue weighted by Gasteiger charge is 2.10. The second-order valence-corrected chi connectivity index (χ2v) is 2.82. The fourth-order valence-corrected chi connectivity index (χ4v) is 0.855. The Balaban J connectivity index is 3.47. The molecule has 0 rings (SSSR count). The van der Waals surface area contributed by atoms with Crippen LogP contribution in [0.25, 0.3) is 4.85 Å². The largest absolute Gasteiger partial charge is 0.314 e. The van der Waals surface area contributed by atoms with E-state index < -0.39 is 0 Å². The van der Waals surface area contributed by atoms with Crippen LogP contribution >= 0.6 is 0 Å². The molecule has 0 aromatic carbocycles. The Kier molecular flexibility index (Phi) is 4.13. The monoisotopic (exact) mass is 125 g/mol. The Bertz CT molecular complexity index is 99.6. The molecule has 0 spiro atoms. The minimum atomic E-state index is 0.269. The van der Waals surface area contributed by atoms with Gasteiger partial charge in [-0.2, -0.15) is 0 Å². The van der Waals surface area contributed by atoms with Crippen LogP contribution in [0.5, 0.6) is 0 Å². The SMILES string of the molecule is [C-]#[N+]C(CC)CC(C)C. The topological polar surface area (TPSA) is 4.36 Å². The lowest BCUT2D eigenvalue weighted by atomic mass is 10.0. The van der Waals surface area contributed by atoms with Gasteiger partial charge < -0.3 is 4.85 Å². The Morgan fingerprint density at radius 1 is 1.44 bits per heavy atom. The van der Waals surface area contributed by atoms with Crippen molar-refractivity contribution in [1.29, 1.82) is 0 Å². The third kappa shape index (κ3) is 4.02. The molecule has 9 heavy (non-hydrogen) atoms. The van der Waals surface area contributed by atoms with Crippen molar-refractivity contribution >= 4 is 0 Å². The van der Waals surface area contributed by atoms with Crippen molar-refractivity contribution in [2.75, 3.05) is 0 Å². The van der Waals surface area contributed by atoms with Gasteiger partial charge in [-0.3, -0.25) is 0 Å². The van der Waals surface area contributed by atoms with Crippen LogP contribution in [-0.2, 0) is 0 Å². The molecule has 0 N–H and O–H groups in total. The van der Waals surface area contributed by atoms with Gasteiger partial charge in [-0.25, -0.2) is 6.57 Å². The molecule has 0 aromatic heterocycles. The van der Waals surface area contributed by atoms with Crippen LogP contribution in [0.3, 0.4) is 0 Å². The van der Waals surface area contributed by atoms with Crippen LogP contribution in [0, 0.1) is 12.5 Å². The summed E-state index contributed by atoms with van der Waals surface area (Å²) in [5.41, 5.74) is 0. The number of hydrogen-bond acceptors (Lipinski definition) is 0. The molecule has 1 nitrogen and oxygen atoms in total. The van der Waals surface area contributed by atoms with E-state index in [9.17, 15) is 0 Å². The van der Waals surface area contributed by atoms with E-state index in [4.69, 9.17) is 6.57 Å². The van der Waals surface area contributed by atoms with Crippen LogP contribution in [0.1, 0.15) is 33.6 Å². The third-order valence-electron chi connectivity index (χ3n) is 1.40. The summed E-state index contributed by atoms with van der Waals surface area (Å²) < 4.78 is 0. The second-order valence-electron chi connectivity index (χ2n) is 2.82. The maximum absolute atomic E-state index is 6.78. The van der Waals surface area contributed by atoms with Gasteiger partial charge in [-0.05, 0) is 5.92 Å². The number of nitrogens with zero attached hydrogens (tertiary/aromatic N) is 1. The van der Waals surface area contributed by atoms with E-state index in [0.29, 0.717) is 5.92 Å². The first kappa shape index (κ1) is 8.49. The van der Waals surface area contributed by atoms with Gasteiger partial charge in [0.15, 0.2) is 0 Å². The van der Waals surface area contributed by atoms with Crippen molar-refractivity contribution < 1.29 is 0 Å². The van der Waals surface area contributed by atoms with E-state index in [1.165, 1.54) is 0 Å². The van der Waals surface area contributed by atoms with Gasteiger partial charge in [0, 0.05) is 12.8 Å². The lowest BCUT2D eigenvalue weighted by Gasteiger charge is -2.03. The molecule has 0 bridgehead atoms. The van der Waals surface area contributed by atoms with Crippen LogP contribution < -0.4 is 0 Å². The van der Waals surface area contributed by atoms with Gasteiger partial charge in [0.1, 0.15) is 0 Å². The molecular weight excluding hydrogens is 110 g/mol. The van der Waals surface area contributed by atoms with E-state index in [1.54, 1.807) is 0 Å². The van der Waals surface area contributed by atoms with Crippen LogP contribution in [0.15, 0.2) is 0 Å². The van der Waals surface area contributed by atoms with Crippen molar-refractivity contribution in [3.63, 3.8) is 0 Å². The van der Waals surface area contributed by atoms with Crippen LogP contribution in [-0.4, -0.2) is 6.04 Å². The number of hydrogen-bond donors (Lipinski definition) is 0. The molecule has 0 heterocycles. The molecule has 1 atom stereocenters. The average molecular weight is 125 g/mol. The van der Waals surface area contributed by atoms with Gasteiger partial charge in [-0.15, -0.1) is 0 Å². The fourth-order valence-electron chi connectivity index (χ4n) is 0.855. The first-order valence-electron chi connectivity index (χ1n) is 3.57. The molecule has 52 valence electrons. The molecule has 1 heteroatoms. The van der Waals surface area contributed by atoms with Gasteiger partial charge in [0.2, 0.25) is 6.04 Å². The van der Waals surface area contributed by atoms with Gasteiger partial charge in [-0.1, -0.05) is 20.8 Å². The average Bonchev–Trinajstić information content (AvgIpc) is 1.82. The van der Waals surface area contributed by atoms with E-state index >= 15 is 0 Å². The summed E-state index contributed by atoms with van der Waals surface area (Å²) in [6.07, 6.45) is 2.06. The first-order valence-corrected chi connectivity index (χ1v) is 3.57. The predicted molar refractivity (Wildman–Crippen MR) is 40.1 cm³/mol. The lowest BCUT2D eigenvalue weighted by Crippen LogP contribution is -2.03. The molecule has 0 radical (unpaired) electrons. The molecule has 0 saturated carbocycles. The molecule has 0 aliphatic rings. The van der Waals surface area contributed by atoms with Crippen LogP contribution in [0.4, 0.5) is 0 Å². The van der Waals surface area contributed by atoms with Gasteiger partial charge >= 0.3 is 0 Å².